The van der Waals surface area contributed by atoms with Gasteiger partial charge >= 0.3 is 0 Å². The van der Waals surface area contributed by atoms with Crippen molar-refractivity contribution in [2.45, 2.75) is 24.3 Å². The van der Waals surface area contributed by atoms with Crippen LogP contribution in [0.3, 0.4) is 0 Å². The lowest BCUT2D eigenvalue weighted by atomic mass is 10.3. The highest BCUT2D eigenvalue weighted by atomic mass is 35.5. The highest BCUT2D eigenvalue weighted by Gasteiger charge is 2.16. The Kier molecular flexibility index (Phi) is 3.20. The highest BCUT2D eigenvalue weighted by molar-refractivity contribution is 7.99. The van der Waals surface area contributed by atoms with Gasteiger partial charge in [0.15, 0.2) is 11.0 Å². The summed E-state index contributed by atoms with van der Waals surface area (Å²) in [5.74, 6) is 1.24. The number of rotatable bonds is 3. The first-order valence-electron chi connectivity index (χ1n) is 5.74. The van der Waals surface area contributed by atoms with Crippen molar-refractivity contribution in [3.05, 3.63) is 34.9 Å². The molecule has 7 heteroatoms. The molecule has 1 atom stereocenters. The van der Waals surface area contributed by atoms with E-state index >= 15 is 0 Å². The van der Waals surface area contributed by atoms with Crippen LogP contribution in [-0.4, -0.2) is 20.1 Å². The number of hydrogen-bond acceptors (Lipinski definition) is 5. The Morgan fingerprint density at radius 1 is 1.37 bits per heavy atom. The molecule has 0 fully saturated rings. The summed E-state index contributed by atoms with van der Waals surface area (Å²) in [5, 5.41) is 5.32. The van der Waals surface area contributed by atoms with Gasteiger partial charge in [0.05, 0.1) is 16.3 Å². The summed E-state index contributed by atoms with van der Waals surface area (Å²) in [6.45, 7) is 3.80. The van der Waals surface area contributed by atoms with Gasteiger partial charge in [-0.15, -0.1) is 0 Å². The van der Waals surface area contributed by atoms with Gasteiger partial charge in [-0.2, -0.15) is 4.98 Å². The van der Waals surface area contributed by atoms with Gasteiger partial charge in [-0.05, 0) is 32.0 Å². The molecule has 0 saturated carbocycles. The molecule has 5 nitrogen and oxygen atoms in total. The molecule has 0 aliphatic carbocycles. The maximum Gasteiger partial charge on any atom is 0.239 e. The number of halogens is 1. The first kappa shape index (κ1) is 12.5. The van der Waals surface area contributed by atoms with E-state index in [0.29, 0.717) is 16.7 Å². The monoisotopic (exact) mass is 294 g/mol. The number of fused-ring (bicyclic) bond motifs is 1. The number of aryl methyl sites for hydroxylation is 1. The van der Waals surface area contributed by atoms with E-state index in [1.54, 1.807) is 6.92 Å². The van der Waals surface area contributed by atoms with E-state index in [9.17, 15) is 0 Å². The number of imidazole rings is 1. The van der Waals surface area contributed by atoms with Gasteiger partial charge in [0, 0.05) is 5.02 Å². The number of aromatic amines is 1. The lowest BCUT2D eigenvalue weighted by Crippen LogP contribution is -1.89. The van der Waals surface area contributed by atoms with E-state index in [1.165, 1.54) is 11.8 Å². The van der Waals surface area contributed by atoms with Crippen molar-refractivity contribution >= 4 is 34.4 Å². The molecule has 3 aromatic rings. The molecule has 0 aliphatic heterocycles. The molecule has 0 spiro atoms. The molecular weight excluding hydrogens is 284 g/mol. The minimum atomic E-state index is 0.0391. The summed E-state index contributed by atoms with van der Waals surface area (Å²) in [4.78, 5) is 11.9. The molecule has 3 rings (SSSR count). The Balaban J connectivity index is 1.85. The molecule has 2 aromatic heterocycles. The Morgan fingerprint density at radius 3 is 2.95 bits per heavy atom. The Morgan fingerprint density at radius 2 is 2.21 bits per heavy atom. The van der Waals surface area contributed by atoms with Crippen molar-refractivity contribution in [2.24, 2.45) is 0 Å². The number of thioether (sulfide) groups is 1. The molecule has 0 aliphatic rings. The minimum absolute atomic E-state index is 0.0391. The van der Waals surface area contributed by atoms with Crippen molar-refractivity contribution in [2.75, 3.05) is 0 Å². The standard InChI is InChI=1S/C12H11ClN4OS/c1-6(11-14-7(2)17-18-11)19-12-15-9-4-3-8(13)5-10(9)16-12/h3-6H,1-2H3,(H,15,16)/t6-/m1/s1. The van der Waals surface area contributed by atoms with Crippen molar-refractivity contribution in [3.63, 3.8) is 0 Å². The van der Waals surface area contributed by atoms with Gasteiger partial charge < -0.3 is 9.51 Å². The van der Waals surface area contributed by atoms with E-state index < -0.39 is 0 Å². The molecule has 19 heavy (non-hydrogen) atoms. The highest BCUT2D eigenvalue weighted by Crippen LogP contribution is 2.33. The molecule has 0 saturated heterocycles. The topological polar surface area (TPSA) is 67.6 Å². The minimum Gasteiger partial charge on any atom is -0.338 e. The number of aromatic nitrogens is 4. The third-order valence-corrected chi connectivity index (χ3v) is 3.81. The maximum atomic E-state index is 5.94. The molecule has 0 radical (unpaired) electrons. The number of benzene rings is 1. The van der Waals surface area contributed by atoms with Crippen LogP contribution in [0.5, 0.6) is 0 Å². The quantitative estimate of drug-likeness (QED) is 0.745. The van der Waals surface area contributed by atoms with Crippen molar-refractivity contribution in [1.29, 1.82) is 0 Å². The number of hydrogen-bond donors (Lipinski definition) is 1. The van der Waals surface area contributed by atoms with Gasteiger partial charge in [0.1, 0.15) is 0 Å². The first-order chi connectivity index (χ1) is 9.11. The fraction of sp³-hybridized carbons (Fsp3) is 0.250. The fourth-order valence-electron chi connectivity index (χ4n) is 1.71. The Bertz CT molecular complexity index is 723. The van der Waals surface area contributed by atoms with Gasteiger partial charge in [0.2, 0.25) is 5.89 Å². The van der Waals surface area contributed by atoms with Gasteiger partial charge in [-0.1, -0.05) is 28.5 Å². The number of nitrogens with zero attached hydrogens (tertiary/aromatic N) is 3. The second-order valence-corrected chi connectivity index (χ2v) is 5.91. The smallest absolute Gasteiger partial charge is 0.239 e. The van der Waals surface area contributed by atoms with Crippen molar-refractivity contribution < 1.29 is 4.52 Å². The zero-order chi connectivity index (χ0) is 13.4. The third-order valence-electron chi connectivity index (χ3n) is 2.60. The molecule has 2 heterocycles. The fourth-order valence-corrected chi connectivity index (χ4v) is 2.73. The zero-order valence-corrected chi connectivity index (χ0v) is 11.9. The van der Waals surface area contributed by atoms with E-state index in [4.69, 9.17) is 16.1 Å². The van der Waals surface area contributed by atoms with Crippen LogP contribution in [0, 0.1) is 6.92 Å². The molecule has 98 valence electrons. The van der Waals surface area contributed by atoms with Crippen LogP contribution in [0.4, 0.5) is 0 Å². The molecule has 1 N–H and O–H groups in total. The van der Waals surface area contributed by atoms with E-state index in [1.807, 2.05) is 25.1 Å². The average Bonchev–Trinajstić information content (AvgIpc) is 2.94. The second-order valence-electron chi connectivity index (χ2n) is 4.14. The number of H-pyrrole nitrogens is 1. The lowest BCUT2D eigenvalue weighted by molar-refractivity contribution is 0.376. The second kappa shape index (κ2) is 4.86. The summed E-state index contributed by atoms with van der Waals surface area (Å²) >= 11 is 7.48. The summed E-state index contributed by atoms with van der Waals surface area (Å²) in [6, 6.07) is 5.57. The van der Waals surface area contributed by atoms with Crippen LogP contribution in [-0.2, 0) is 0 Å². The Hall–Kier alpha value is -1.53. The molecule has 0 bridgehead atoms. The van der Waals surface area contributed by atoms with Gasteiger partial charge in [0.25, 0.3) is 0 Å². The predicted molar refractivity (Wildman–Crippen MR) is 74.4 cm³/mol. The summed E-state index contributed by atoms with van der Waals surface area (Å²) in [6.07, 6.45) is 0. The van der Waals surface area contributed by atoms with Crippen molar-refractivity contribution in [1.82, 2.24) is 20.1 Å². The lowest BCUT2D eigenvalue weighted by Gasteiger charge is -2.01. The molecule has 0 amide bonds. The third kappa shape index (κ3) is 2.59. The van der Waals surface area contributed by atoms with E-state index in [0.717, 1.165) is 16.2 Å². The normalized spacial score (nSPS) is 13.0. The first-order valence-corrected chi connectivity index (χ1v) is 7.00. The SMILES string of the molecule is Cc1noc([C@@H](C)Sc2nc3ccc(Cl)cc3[nH]2)n1. The van der Waals surface area contributed by atoms with Gasteiger partial charge in [-0.3, -0.25) is 0 Å². The van der Waals surface area contributed by atoms with Crippen LogP contribution in [0.15, 0.2) is 27.9 Å². The zero-order valence-electron chi connectivity index (χ0n) is 10.3. The molecular formula is C12H11ClN4OS. The summed E-state index contributed by atoms with van der Waals surface area (Å²) in [7, 11) is 0. The van der Waals surface area contributed by atoms with Crippen LogP contribution < -0.4 is 0 Å². The van der Waals surface area contributed by atoms with E-state index in [2.05, 4.69) is 20.1 Å². The largest absolute Gasteiger partial charge is 0.338 e. The predicted octanol–water partition coefficient (Wildman–Crippen LogP) is 3.76. The summed E-state index contributed by atoms with van der Waals surface area (Å²) in [5.41, 5.74) is 1.81. The van der Waals surface area contributed by atoms with E-state index in [-0.39, 0.29) is 5.25 Å². The number of nitrogens with one attached hydrogen (secondary N) is 1. The maximum absolute atomic E-state index is 5.94. The van der Waals surface area contributed by atoms with Gasteiger partial charge in [-0.25, -0.2) is 4.98 Å². The van der Waals surface area contributed by atoms with Crippen LogP contribution in [0.2, 0.25) is 5.02 Å². The van der Waals surface area contributed by atoms with Crippen molar-refractivity contribution in [3.8, 4) is 0 Å². The van der Waals surface area contributed by atoms with Crippen LogP contribution >= 0.6 is 23.4 Å². The average molecular weight is 295 g/mol. The summed E-state index contributed by atoms with van der Waals surface area (Å²) < 4.78 is 5.15. The molecule has 1 aromatic carbocycles. The van der Waals surface area contributed by atoms with Crippen LogP contribution in [0.1, 0.15) is 23.9 Å². The Labute approximate surface area is 118 Å². The molecule has 0 unspecified atom stereocenters. The van der Waals surface area contributed by atoms with Crippen LogP contribution in [0.25, 0.3) is 11.0 Å².